The van der Waals surface area contributed by atoms with E-state index in [-0.39, 0.29) is 5.91 Å². The average Bonchev–Trinajstić information content (AvgIpc) is 3.46. The van der Waals surface area contributed by atoms with E-state index in [2.05, 4.69) is 13.0 Å². The number of rotatable bonds is 9. The number of nitrogens with zero attached hydrogens (tertiary/aromatic N) is 3. The Morgan fingerprint density at radius 1 is 0.895 bits per heavy atom. The van der Waals surface area contributed by atoms with Crippen LogP contribution in [0.3, 0.4) is 0 Å². The van der Waals surface area contributed by atoms with Crippen LogP contribution in [0.25, 0.3) is 0 Å². The predicted octanol–water partition coefficient (Wildman–Crippen LogP) is 5.19. The van der Waals surface area contributed by atoms with Gasteiger partial charge in [0.2, 0.25) is 5.91 Å². The summed E-state index contributed by atoms with van der Waals surface area (Å²) in [6, 6.07) is 22.9. The molecule has 38 heavy (non-hydrogen) atoms. The summed E-state index contributed by atoms with van der Waals surface area (Å²) in [6.07, 6.45) is 0.957. The van der Waals surface area contributed by atoms with Crippen molar-refractivity contribution in [1.82, 2.24) is 0 Å². The van der Waals surface area contributed by atoms with Crippen LogP contribution < -0.4 is 19.4 Å². The van der Waals surface area contributed by atoms with E-state index in [4.69, 9.17) is 19.6 Å². The normalized spacial score (nSPS) is 20.4. The fourth-order valence-corrected chi connectivity index (χ4v) is 4.91. The number of hydrogen-bond donors (Lipinski definition) is 0. The second kappa shape index (κ2) is 11.0. The topological polar surface area (TPSA) is 92.1 Å². The van der Waals surface area contributed by atoms with Gasteiger partial charge in [-0.2, -0.15) is 5.26 Å². The van der Waals surface area contributed by atoms with Gasteiger partial charge in [-0.1, -0.05) is 37.6 Å². The third-order valence-corrected chi connectivity index (χ3v) is 6.75. The zero-order valence-corrected chi connectivity index (χ0v) is 21.4. The molecule has 2 aliphatic heterocycles. The highest BCUT2D eigenvalue weighted by Gasteiger charge is 2.60. The lowest BCUT2D eigenvalue weighted by Crippen LogP contribution is -2.37. The number of benzene rings is 3. The summed E-state index contributed by atoms with van der Waals surface area (Å²) in [7, 11) is 0. The minimum atomic E-state index is -0.987. The van der Waals surface area contributed by atoms with Gasteiger partial charge in [0.05, 0.1) is 42.3 Å². The highest BCUT2D eigenvalue weighted by atomic mass is 16.7. The SMILES string of the molecule is CCCCOc1ccc([C@@H]2[C@@H]3C(=O)N(c4ccc(C#N)cc4)C(=O)[C@@H]3ON2c2ccccc2)cc1OCC. The Kier molecular flexibility index (Phi) is 7.29. The van der Waals surface area contributed by atoms with Crippen molar-refractivity contribution in [2.24, 2.45) is 5.92 Å². The van der Waals surface area contributed by atoms with Gasteiger partial charge in [-0.15, -0.1) is 0 Å². The maximum Gasteiger partial charge on any atom is 0.266 e. The Balaban J connectivity index is 1.54. The summed E-state index contributed by atoms with van der Waals surface area (Å²) in [5.74, 6) is -0.344. The number of nitriles is 1. The van der Waals surface area contributed by atoms with Gasteiger partial charge in [0.1, 0.15) is 5.92 Å². The summed E-state index contributed by atoms with van der Waals surface area (Å²) in [5, 5.41) is 10.8. The lowest BCUT2D eigenvalue weighted by molar-refractivity contribution is -0.126. The van der Waals surface area contributed by atoms with E-state index in [1.165, 1.54) is 0 Å². The first-order chi connectivity index (χ1) is 18.6. The summed E-state index contributed by atoms with van der Waals surface area (Å²) in [6.45, 7) is 5.04. The van der Waals surface area contributed by atoms with Crippen LogP contribution in [0.1, 0.15) is 43.9 Å². The minimum absolute atomic E-state index is 0.352. The van der Waals surface area contributed by atoms with Gasteiger partial charge in [0.15, 0.2) is 17.6 Å². The molecule has 0 unspecified atom stereocenters. The fourth-order valence-electron chi connectivity index (χ4n) is 4.91. The molecule has 8 nitrogen and oxygen atoms in total. The summed E-state index contributed by atoms with van der Waals surface area (Å²) in [5.41, 5.74) is 2.37. The number of carbonyl (C=O) groups is 2. The fraction of sp³-hybridized carbons (Fsp3) is 0.300. The smallest absolute Gasteiger partial charge is 0.266 e. The molecular formula is C30H29N3O5. The van der Waals surface area contributed by atoms with Crippen molar-refractivity contribution in [3.63, 3.8) is 0 Å². The molecule has 0 aliphatic carbocycles. The first-order valence-corrected chi connectivity index (χ1v) is 12.9. The monoisotopic (exact) mass is 511 g/mol. The standard InChI is InChI=1S/C30H29N3O5/c1-3-5-17-37-24-16-13-21(18-25(24)36-4-2)27-26-28(38-33(27)23-9-7-6-8-10-23)30(35)32(29(26)34)22-14-11-20(19-31)12-15-22/h6-16,18,26-28H,3-5,17H2,1-2H3/t26-,27+,28+/m0/s1. The number of unbranched alkanes of at least 4 members (excludes halogenated alkanes) is 1. The van der Waals surface area contributed by atoms with Gasteiger partial charge in [0, 0.05) is 0 Å². The molecule has 3 aromatic rings. The minimum Gasteiger partial charge on any atom is -0.490 e. The molecule has 3 atom stereocenters. The molecule has 8 heteroatoms. The number of imide groups is 1. The lowest BCUT2D eigenvalue weighted by Gasteiger charge is -2.29. The third-order valence-electron chi connectivity index (χ3n) is 6.75. The molecule has 2 saturated heterocycles. The maximum atomic E-state index is 13.8. The Labute approximate surface area is 221 Å². The van der Waals surface area contributed by atoms with Crippen LogP contribution in [0, 0.1) is 17.2 Å². The summed E-state index contributed by atoms with van der Waals surface area (Å²) >= 11 is 0. The molecule has 5 rings (SSSR count). The molecule has 2 heterocycles. The zero-order chi connectivity index (χ0) is 26.6. The second-order valence-corrected chi connectivity index (χ2v) is 9.17. The molecule has 194 valence electrons. The number of hydrogen-bond acceptors (Lipinski definition) is 7. The summed E-state index contributed by atoms with van der Waals surface area (Å²) in [4.78, 5) is 34.8. The van der Waals surface area contributed by atoms with Crippen molar-refractivity contribution in [2.45, 2.75) is 38.8 Å². The molecule has 0 bridgehead atoms. The Morgan fingerprint density at radius 3 is 2.34 bits per heavy atom. The first kappa shape index (κ1) is 25.3. The van der Waals surface area contributed by atoms with Crippen molar-refractivity contribution in [2.75, 3.05) is 23.2 Å². The third kappa shape index (κ3) is 4.57. The highest BCUT2D eigenvalue weighted by Crippen LogP contribution is 2.48. The van der Waals surface area contributed by atoms with Crippen LogP contribution >= 0.6 is 0 Å². The number of para-hydroxylation sites is 1. The zero-order valence-electron chi connectivity index (χ0n) is 21.4. The van der Waals surface area contributed by atoms with Crippen molar-refractivity contribution in [3.05, 3.63) is 83.9 Å². The molecule has 2 fully saturated rings. The van der Waals surface area contributed by atoms with Crippen molar-refractivity contribution >= 4 is 23.2 Å². The first-order valence-electron chi connectivity index (χ1n) is 12.9. The maximum absolute atomic E-state index is 13.8. The van der Waals surface area contributed by atoms with E-state index >= 15 is 0 Å². The van der Waals surface area contributed by atoms with Gasteiger partial charge in [-0.25, -0.2) is 9.96 Å². The van der Waals surface area contributed by atoms with Crippen molar-refractivity contribution in [3.8, 4) is 17.6 Å². The second-order valence-electron chi connectivity index (χ2n) is 9.17. The molecule has 2 aliphatic rings. The number of anilines is 2. The Bertz CT molecular complexity index is 1350. The molecule has 3 aromatic carbocycles. The molecule has 0 aromatic heterocycles. The van der Waals surface area contributed by atoms with Crippen LogP contribution in [-0.4, -0.2) is 31.1 Å². The highest BCUT2D eigenvalue weighted by molar-refractivity contribution is 6.23. The van der Waals surface area contributed by atoms with Gasteiger partial charge < -0.3 is 9.47 Å². The van der Waals surface area contributed by atoms with Gasteiger partial charge in [0.25, 0.3) is 5.91 Å². The average molecular weight is 512 g/mol. The molecular weight excluding hydrogens is 482 g/mol. The quantitative estimate of drug-likeness (QED) is 0.288. The van der Waals surface area contributed by atoms with Crippen LogP contribution in [0.15, 0.2) is 72.8 Å². The van der Waals surface area contributed by atoms with Crippen LogP contribution in [-0.2, 0) is 14.4 Å². The van der Waals surface area contributed by atoms with Crippen LogP contribution in [0.5, 0.6) is 11.5 Å². The van der Waals surface area contributed by atoms with E-state index in [1.807, 2.05) is 55.5 Å². The van der Waals surface area contributed by atoms with E-state index in [0.717, 1.165) is 29.0 Å². The molecule has 0 saturated carbocycles. The van der Waals surface area contributed by atoms with Gasteiger partial charge in [-0.05, 0) is 67.4 Å². The number of amides is 2. The van der Waals surface area contributed by atoms with Crippen molar-refractivity contribution < 1.29 is 23.9 Å². The van der Waals surface area contributed by atoms with E-state index < -0.39 is 24.0 Å². The number of ether oxygens (including phenoxy) is 2. The molecule has 0 spiro atoms. The summed E-state index contributed by atoms with van der Waals surface area (Å²) < 4.78 is 11.9. The Morgan fingerprint density at radius 2 is 1.66 bits per heavy atom. The van der Waals surface area contributed by atoms with Crippen LogP contribution in [0.2, 0.25) is 0 Å². The van der Waals surface area contributed by atoms with E-state index in [9.17, 15) is 9.59 Å². The van der Waals surface area contributed by atoms with Crippen LogP contribution in [0.4, 0.5) is 11.4 Å². The molecule has 0 radical (unpaired) electrons. The van der Waals surface area contributed by atoms with Gasteiger partial charge in [-0.3, -0.25) is 14.4 Å². The number of carbonyl (C=O) groups excluding carboxylic acids is 2. The Hall–Kier alpha value is -4.35. The largest absolute Gasteiger partial charge is 0.490 e. The van der Waals surface area contributed by atoms with E-state index in [0.29, 0.717) is 36.0 Å². The number of hydroxylamine groups is 1. The van der Waals surface area contributed by atoms with Crippen molar-refractivity contribution in [1.29, 1.82) is 5.26 Å². The van der Waals surface area contributed by atoms with Gasteiger partial charge >= 0.3 is 0 Å². The molecule has 2 amide bonds. The molecule has 0 N–H and O–H groups in total. The predicted molar refractivity (Wildman–Crippen MR) is 142 cm³/mol. The number of fused-ring (bicyclic) bond motifs is 1. The lowest BCUT2D eigenvalue weighted by atomic mass is 9.90. The van der Waals surface area contributed by atoms with E-state index in [1.54, 1.807) is 29.3 Å².